The van der Waals surface area contributed by atoms with Gasteiger partial charge >= 0.3 is 12.2 Å². The zero-order chi connectivity index (χ0) is 22.2. The normalized spacial score (nSPS) is 22.9. The Morgan fingerprint density at radius 3 is 2.39 bits per heavy atom. The molecule has 0 aliphatic carbocycles. The molecule has 0 bridgehead atoms. The Morgan fingerprint density at radius 2 is 1.81 bits per heavy atom. The van der Waals surface area contributed by atoms with Crippen molar-refractivity contribution in [3.63, 3.8) is 0 Å². The maximum atomic E-state index is 13.3. The van der Waals surface area contributed by atoms with Gasteiger partial charge in [0.15, 0.2) is 0 Å². The van der Waals surface area contributed by atoms with Gasteiger partial charge in [0.2, 0.25) is 0 Å². The van der Waals surface area contributed by atoms with E-state index in [4.69, 9.17) is 0 Å². The number of hydrogen-bond acceptors (Lipinski definition) is 5. The molecule has 0 radical (unpaired) electrons. The number of aromatic nitrogens is 3. The first-order chi connectivity index (χ1) is 14.7. The number of hydrogen-bond donors (Lipinski definition) is 0. The smallest absolute Gasteiger partial charge is 0.371 e. The number of rotatable bonds is 3. The maximum Gasteiger partial charge on any atom is 0.416 e. The molecular weight excluding hydrogens is 409 g/mol. The van der Waals surface area contributed by atoms with E-state index in [0.29, 0.717) is 25.3 Å². The van der Waals surface area contributed by atoms with Gasteiger partial charge < -0.3 is 9.80 Å². The lowest BCUT2D eigenvalue weighted by atomic mass is 10.0. The van der Waals surface area contributed by atoms with Gasteiger partial charge in [0.1, 0.15) is 12.7 Å². The van der Waals surface area contributed by atoms with Crippen molar-refractivity contribution in [1.29, 1.82) is 0 Å². The molecule has 1 aromatic carbocycles. The minimum atomic E-state index is -4.36. The second-order valence-electron chi connectivity index (χ2n) is 8.46. The van der Waals surface area contributed by atoms with Crippen molar-refractivity contribution in [2.24, 2.45) is 0 Å². The Morgan fingerprint density at radius 1 is 1.13 bits per heavy atom. The van der Waals surface area contributed by atoms with Crippen molar-refractivity contribution in [2.45, 2.75) is 51.5 Å². The van der Waals surface area contributed by atoms with Crippen molar-refractivity contribution in [2.75, 3.05) is 31.1 Å². The van der Waals surface area contributed by atoms with Gasteiger partial charge in [0.25, 0.3) is 0 Å². The molecule has 2 saturated heterocycles. The second-order valence-corrected chi connectivity index (χ2v) is 8.46. The number of anilines is 1. The summed E-state index contributed by atoms with van der Waals surface area (Å²) < 4.78 is 41.1. The molecular formula is C21H27F3N6O. The van der Waals surface area contributed by atoms with Gasteiger partial charge in [-0.1, -0.05) is 6.07 Å². The topological polar surface area (TPSA) is 57.5 Å². The summed E-state index contributed by atoms with van der Waals surface area (Å²) in [6, 6.07) is 3.72. The zero-order valence-corrected chi connectivity index (χ0v) is 17.7. The quantitative estimate of drug-likeness (QED) is 0.738. The van der Waals surface area contributed by atoms with Crippen LogP contribution in [0.2, 0.25) is 0 Å². The number of carbonyl (C=O) groups is 1. The Balaban J connectivity index is 1.52. The molecule has 4 rings (SSSR count). The third kappa shape index (κ3) is 4.53. The minimum absolute atomic E-state index is 0.0647. The zero-order valence-electron chi connectivity index (χ0n) is 17.7. The van der Waals surface area contributed by atoms with Gasteiger partial charge in [0.05, 0.1) is 5.56 Å². The molecule has 2 aromatic rings. The fourth-order valence-electron chi connectivity index (χ4n) is 4.73. The monoisotopic (exact) mass is 436 g/mol. The average Bonchev–Trinajstić information content (AvgIpc) is 3.41. The van der Waals surface area contributed by atoms with Crippen molar-refractivity contribution >= 4 is 11.7 Å². The molecule has 2 fully saturated rings. The van der Waals surface area contributed by atoms with Gasteiger partial charge in [-0.3, -0.25) is 4.90 Å². The van der Waals surface area contributed by atoms with E-state index in [1.54, 1.807) is 11.0 Å². The van der Waals surface area contributed by atoms with Gasteiger partial charge in [-0.15, -0.1) is 0 Å². The molecule has 2 atom stereocenters. The van der Waals surface area contributed by atoms with Crippen LogP contribution in [0, 0.1) is 0 Å². The summed E-state index contributed by atoms with van der Waals surface area (Å²) in [5, 5.41) is 3.93. The molecule has 2 unspecified atom stereocenters. The van der Waals surface area contributed by atoms with Crippen molar-refractivity contribution in [3.05, 3.63) is 42.0 Å². The molecule has 2 aliphatic rings. The number of halogens is 3. The lowest BCUT2D eigenvalue weighted by Gasteiger charge is -2.44. The lowest BCUT2D eigenvalue weighted by molar-refractivity contribution is -0.137. The molecule has 10 heteroatoms. The van der Waals surface area contributed by atoms with Crippen LogP contribution < -0.4 is 4.90 Å². The summed E-state index contributed by atoms with van der Waals surface area (Å²) in [6.07, 6.45) is 0.343. The van der Waals surface area contributed by atoms with Crippen LogP contribution >= 0.6 is 0 Å². The largest absolute Gasteiger partial charge is 0.416 e. The van der Waals surface area contributed by atoms with Crippen LogP contribution in [0.15, 0.2) is 30.9 Å². The average molecular weight is 436 g/mol. The Hall–Kier alpha value is -2.62. The summed E-state index contributed by atoms with van der Waals surface area (Å²) in [4.78, 5) is 22.7. The van der Waals surface area contributed by atoms with E-state index >= 15 is 0 Å². The van der Waals surface area contributed by atoms with E-state index in [0.717, 1.165) is 31.5 Å². The highest BCUT2D eigenvalue weighted by molar-refractivity contribution is 5.76. The summed E-state index contributed by atoms with van der Waals surface area (Å²) >= 11 is 0. The highest BCUT2D eigenvalue weighted by atomic mass is 19.4. The molecule has 1 amide bonds. The summed E-state index contributed by atoms with van der Waals surface area (Å²) in [7, 11) is 0. The van der Waals surface area contributed by atoms with Crippen molar-refractivity contribution < 1.29 is 18.0 Å². The summed E-state index contributed by atoms with van der Waals surface area (Å²) in [6.45, 7) is 7.32. The molecule has 3 heterocycles. The minimum Gasteiger partial charge on any atom is -0.371 e. The molecule has 0 saturated carbocycles. The first-order valence-electron chi connectivity index (χ1n) is 10.6. The SMILES string of the molecule is CC1CN(Cc2ccc(C(F)(F)F)cc2N2CCCC2)CC(C)N1C(=O)n1cncn1. The third-order valence-electron chi connectivity index (χ3n) is 6.08. The van der Waals surface area contributed by atoms with Crippen LogP contribution in [0.4, 0.5) is 23.7 Å². The number of alkyl halides is 3. The molecule has 168 valence electrons. The Bertz CT molecular complexity index is 898. The Labute approximate surface area is 179 Å². The van der Waals surface area contributed by atoms with Gasteiger partial charge in [-0.2, -0.15) is 23.0 Å². The van der Waals surface area contributed by atoms with Crippen LogP contribution in [-0.2, 0) is 12.7 Å². The molecule has 1 aromatic heterocycles. The second kappa shape index (κ2) is 8.49. The summed E-state index contributed by atoms with van der Waals surface area (Å²) in [5.41, 5.74) is 0.960. The van der Waals surface area contributed by atoms with Crippen molar-refractivity contribution in [1.82, 2.24) is 24.6 Å². The highest BCUT2D eigenvalue weighted by Crippen LogP contribution is 2.35. The molecule has 31 heavy (non-hydrogen) atoms. The number of amides is 1. The van der Waals surface area contributed by atoms with E-state index in [1.165, 1.54) is 29.5 Å². The maximum absolute atomic E-state index is 13.3. The Kier molecular flexibility index (Phi) is 5.92. The fourth-order valence-corrected chi connectivity index (χ4v) is 4.73. The predicted molar refractivity (Wildman–Crippen MR) is 110 cm³/mol. The lowest BCUT2D eigenvalue weighted by Crippen LogP contribution is -2.59. The standard InChI is InChI=1S/C21H27F3N6O/c1-15-10-27(11-16(2)30(15)20(31)29-14-25-13-26-29)12-17-5-6-18(21(22,23)24)9-19(17)28-7-3-4-8-28/h5-6,9,13-16H,3-4,7-8,10-12H2,1-2H3. The van der Waals surface area contributed by atoms with Crippen LogP contribution in [0.3, 0.4) is 0 Å². The molecule has 0 spiro atoms. The van der Waals surface area contributed by atoms with E-state index in [2.05, 4.69) is 19.9 Å². The van der Waals surface area contributed by atoms with Crippen LogP contribution in [0.5, 0.6) is 0 Å². The number of nitrogens with zero attached hydrogens (tertiary/aromatic N) is 6. The number of benzene rings is 1. The predicted octanol–water partition coefficient (Wildman–Crippen LogP) is 3.46. The van der Waals surface area contributed by atoms with Crippen molar-refractivity contribution in [3.8, 4) is 0 Å². The third-order valence-corrected chi connectivity index (χ3v) is 6.08. The number of piperazine rings is 1. The van der Waals surface area contributed by atoms with E-state index < -0.39 is 11.7 Å². The van der Waals surface area contributed by atoms with Gasteiger partial charge in [0, 0.05) is 50.5 Å². The fraction of sp³-hybridized carbons (Fsp3) is 0.571. The first kappa shape index (κ1) is 21.6. The van der Waals surface area contributed by atoms with E-state index in [9.17, 15) is 18.0 Å². The molecule has 0 N–H and O–H groups in total. The highest BCUT2D eigenvalue weighted by Gasteiger charge is 2.35. The van der Waals surface area contributed by atoms with E-state index in [-0.39, 0.29) is 18.1 Å². The van der Waals surface area contributed by atoms with E-state index in [1.807, 2.05) is 13.8 Å². The van der Waals surface area contributed by atoms with Crippen LogP contribution in [-0.4, -0.2) is 68.9 Å². The van der Waals surface area contributed by atoms with Crippen LogP contribution in [0.25, 0.3) is 0 Å². The molecule has 7 nitrogen and oxygen atoms in total. The van der Waals surface area contributed by atoms with Gasteiger partial charge in [-0.25, -0.2) is 9.78 Å². The molecule has 2 aliphatic heterocycles. The first-order valence-corrected chi connectivity index (χ1v) is 10.6. The van der Waals surface area contributed by atoms with Crippen LogP contribution in [0.1, 0.15) is 37.8 Å². The van der Waals surface area contributed by atoms with Gasteiger partial charge in [-0.05, 0) is 44.4 Å². The number of carbonyl (C=O) groups excluding carboxylic acids is 1. The summed E-state index contributed by atoms with van der Waals surface area (Å²) in [5.74, 6) is 0.